The van der Waals surface area contributed by atoms with E-state index >= 15 is 0 Å². The molecule has 1 heterocycles. The van der Waals surface area contributed by atoms with Gasteiger partial charge >= 0.3 is 0 Å². The van der Waals surface area contributed by atoms with Gasteiger partial charge in [0.2, 0.25) is 0 Å². The smallest absolute Gasteiger partial charge is 0.110 e. The number of anilines is 2. The normalized spacial score (nSPS) is 10.4. The van der Waals surface area contributed by atoms with Crippen LogP contribution in [0.5, 0.6) is 0 Å². The van der Waals surface area contributed by atoms with Gasteiger partial charge in [-0.1, -0.05) is 0 Å². The molecule has 1 N–H and O–H groups in total. The van der Waals surface area contributed by atoms with E-state index in [1.807, 2.05) is 33.5 Å². The Balaban J connectivity index is 1.85. The fraction of sp³-hybridized carbons (Fsp3) is 0.357. The third-order valence-electron chi connectivity index (χ3n) is 2.98. The molecule has 0 amide bonds. The lowest BCUT2D eigenvalue weighted by molar-refractivity contribution is 0.789. The van der Waals surface area contributed by atoms with Crippen molar-refractivity contribution in [1.29, 1.82) is 0 Å². The minimum absolute atomic E-state index is 0.895. The number of imidazole rings is 1. The highest BCUT2D eigenvalue weighted by Gasteiger charge is 1.99. The molecular weight excluding hydrogens is 224 g/mol. The molecule has 18 heavy (non-hydrogen) atoms. The lowest BCUT2D eigenvalue weighted by Gasteiger charge is -2.13. The number of aryl methyl sites for hydroxylation is 1. The predicted octanol–water partition coefficient (Wildman–Crippen LogP) is 2.14. The fourth-order valence-electron chi connectivity index (χ4n) is 1.83. The Kier molecular flexibility index (Phi) is 3.87. The lowest BCUT2D eigenvalue weighted by atomic mass is 10.2. The molecule has 96 valence electrons. The Hall–Kier alpha value is -1.97. The van der Waals surface area contributed by atoms with Crippen molar-refractivity contribution in [3.63, 3.8) is 0 Å². The van der Waals surface area contributed by atoms with Gasteiger partial charge in [-0.05, 0) is 24.3 Å². The number of nitrogens with zero attached hydrogens (tertiary/aromatic N) is 3. The summed E-state index contributed by atoms with van der Waals surface area (Å²) in [7, 11) is 6.11. The van der Waals surface area contributed by atoms with Gasteiger partial charge in [0.15, 0.2) is 0 Å². The number of aromatic nitrogens is 2. The van der Waals surface area contributed by atoms with Crippen LogP contribution >= 0.6 is 0 Å². The maximum atomic E-state index is 4.30. The number of nitrogens with one attached hydrogen (secondary N) is 1. The summed E-state index contributed by atoms with van der Waals surface area (Å²) in [5, 5.41) is 3.40. The topological polar surface area (TPSA) is 33.1 Å². The van der Waals surface area contributed by atoms with Gasteiger partial charge in [0.05, 0.1) is 0 Å². The molecule has 0 saturated heterocycles. The second-order valence-corrected chi connectivity index (χ2v) is 4.57. The summed E-state index contributed by atoms with van der Waals surface area (Å²) in [6.07, 6.45) is 4.74. The quantitative estimate of drug-likeness (QED) is 0.874. The molecule has 4 nitrogen and oxygen atoms in total. The van der Waals surface area contributed by atoms with Gasteiger partial charge in [-0.2, -0.15) is 0 Å². The molecule has 0 atom stereocenters. The highest BCUT2D eigenvalue weighted by Crippen LogP contribution is 2.15. The van der Waals surface area contributed by atoms with Crippen LogP contribution in [0.3, 0.4) is 0 Å². The van der Waals surface area contributed by atoms with Gasteiger partial charge < -0.3 is 14.8 Å². The van der Waals surface area contributed by atoms with E-state index in [0.717, 1.165) is 24.5 Å². The van der Waals surface area contributed by atoms with Crippen LogP contribution in [0.15, 0.2) is 36.7 Å². The zero-order valence-electron chi connectivity index (χ0n) is 11.2. The summed E-state index contributed by atoms with van der Waals surface area (Å²) in [6.45, 7) is 0.895. The Labute approximate surface area is 108 Å². The molecule has 0 radical (unpaired) electrons. The van der Waals surface area contributed by atoms with Crippen LogP contribution in [0.2, 0.25) is 0 Å². The molecule has 0 unspecified atom stereocenters. The molecule has 0 aliphatic carbocycles. The third kappa shape index (κ3) is 3.03. The molecule has 0 aliphatic heterocycles. The first-order valence-electron chi connectivity index (χ1n) is 6.14. The number of benzene rings is 1. The fourth-order valence-corrected chi connectivity index (χ4v) is 1.83. The van der Waals surface area contributed by atoms with Crippen molar-refractivity contribution in [2.75, 3.05) is 30.9 Å². The summed E-state index contributed by atoms with van der Waals surface area (Å²) in [5.41, 5.74) is 2.36. The molecule has 1 aromatic heterocycles. The number of hydrogen-bond donors (Lipinski definition) is 1. The van der Waals surface area contributed by atoms with Crippen LogP contribution in [0.4, 0.5) is 11.4 Å². The minimum atomic E-state index is 0.895. The van der Waals surface area contributed by atoms with Crippen LogP contribution in [0.1, 0.15) is 5.82 Å². The molecule has 1 aromatic carbocycles. The first-order valence-corrected chi connectivity index (χ1v) is 6.14. The van der Waals surface area contributed by atoms with E-state index in [2.05, 4.69) is 44.0 Å². The van der Waals surface area contributed by atoms with Gasteiger partial charge in [-0.15, -0.1) is 0 Å². The van der Waals surface area contributed by atoms with Gasteiger partial charge in [-0.3, -0.25) is 0 Å². The number of hydrogen-bond acceptors (Lipinski definition) is 3. The maximum absolute atomic E-state index is 4.30. The van der Waals surface area contributed by atoms with E-state index in [0.29, 0.717) is 0 Å². The van der Waals surface area contributed by atoms with Gasteiger partial charge in [0.25, 0.3) is 0 Å². The molecule has 0 fully saturated rings. The molecule has 4 heteroatoms. The van der Waals surface area contributed by atoms with E-state index in [4.69, 9.17) is 0 Å². The first-order chi connectivity index (χ1) is 8.66. The summed E-state index contributed by atoms with van der Waals surface area (Å²) in [4.78, 5) is 6.40. The van der Waals surface area contributed by atoms with Crippen molar-refractivity contribution in [3.8, 4) is 0 Å². The van der Waals surface area contributed by atoms with E-state index in [9.17, 15) is 0 Å². The SMILES string of the molecule is CN(C)c1ccc(NCCc2nccn2C)cc1. The Morgan fingerprint density at radius 1 is 1.22 bits per heavy atom. The zero-order chi connectivity index (χ0) is 13.0. The average Bonchev–Trinajstić information content (AvgIpc) is 2.76. The maximum Gasteiger partial charge on any atom is 0.110 e. The lowest BCUT2D eigenvalue weighted by Crippen LogP contribution is -2.10. The van der Waals surface area contributed by atoms with Gasteiger partial charge in [0, 0.05) is 57.9 Å². The van der Waals surface area contributed by atoms with Crippen molar-refractivity contribution in [2.24, 2.45) is 7.05 Å². The molecule has 0 bridgehead atoms. The standard InChI is InChI=1S/C14H20N4/c1-17(2)13-6-4-12(5-7-13)15-9-8-14-16-10-11-18(14)3/h4-7,10-11,15H,8-9H2,1-3H3. The molecule has 2 aromatic rings. The van der Waals surface area contributed by atoms with Crippen LogP contribution in [0.25, 0.3) is 0 Å². The summed E-state index contributed by atoms with van der Waals surface area (Å²) < 4.78 is 2.05. The van der Waals surface area contributed by atoms with E-state index < -0.39 is 0 Å². The van der Waals surface area contributed by atoms with Crippen molar-refractivity contribution in [3.05, 3.63) is 42.5 Å². The predicted molar refractivity (Wildman–Crippen MR) is 76.2 cm³/mol. The van der Waals surface area contributed by atoms with Crippen LogP contribution in [-0.4, -0.2) is 30.2 Å². The molecule has 2 rings (SSSR count). The third-order valence-corrected chi connectivity index (χ3v) is 2.98. The second kappa shape index (κ2) is 5.58. The number of rotatable bonds is 5. The largest absolute Gasteiger partial charge is 0.385 e. The summed E-state index contributed by atoms with van der Waals surface area (Å²) >= 11 is 0. The van der Waals surface area contributed by atoms with E-state index in [-0.39, 0.29) is 0 Å². The minimum Gasteiger partial charge on any atom is -0.385 e. The van der Waals surface area contributed by atoms with Crippen molar-refractivity contribution in [2.45, 2.75) is 6.42 Å². The molecule has 0 saturated carbocycles. The van der Waals surface area contributed by atoms with Crippen LogP contribution in [-0.2, 0) is 13.5 Å². The Morgan fingerprint density at radius 3 is 2.50 bits per heavy atom. The van der Waals surface area contributed by atoms with E-state index in [1.54, 1.807) is 0 Å². The summed E-state index contributed by atoms with van der Waals surface area (Å²) in [5.74, 6) is 1.10. The molecular formula is C14H20N4. The Morgan fingerprint density at radius 2 is 1.94 bits per heavy atom. The highest BCUT2D eigenvalue weighted by atomic mass is 15.1. The Bertz CT molecular complexity index is 485. The van der Waals surface area contributed by atoms with E-state index in [1.165, 1.54) is 5.69 Å². The zero-order valence-corrected chi connectivity index (χ0v) is 11.2. The van der Waals surface area contributed by atoms with Gasteiger partial charge in [-0.25, -0.2) is 4.98 Å². The van der Waals surface area contributed by atoms with Crippen molar-refractivity contribution >= 4 is 11.4 Å². The molecule has 0 spiro atoms. The second-order valence-electron chi connectivity index (χ2n) is 4.57. The van der Waals surface area contributed by atoms with Crippen LogP contribution < -0.4 is 10.2 Å². The highest BCUT2D eigenvalue weighted by molar-refractivity contribution is 5.54. The van der Waals surface area contributed by atoms with Crippen molar-refractivity contribution < 1.29 is 0 Å². The van der Waals surface area contributed by atoms with Crippen molar-refractivity contribution in [1.82, 2.24) is 9.55 Å². The van der Waals surface area contributed by atoms with Crippen LogP contribution in [0, 0.1) is 0 Å². The molecule has 0 aliphatic rings. The monoisotopic (exact) mass is 244 g/mol. The van der Waals surface area contributed by atoms with Gasteiger partial charge in [0.1, 0.15) is 5.82 Å². The first kappa shape index (κ1) is 12.5. The average molecular weight is 244 g/mol. The summed E-state index contributed by atoms with van der Waals surface area (Å²) in [6, 6.07) is 8.44.